The number of carbonyl (C=O) groups is 1. The van der Waals surface area contributed by atoms with Crippen molar-refractivity contribution >= 4 is 21.9 Å². The van der Waals surface area contributed by atoms with Gasteiger partial charge in [-0.05, 0) is 22.4 Å². The first-order valence-corrected chi connectivity index (χ1v) is 6.81. The van der Waals surface area contributed by atoms with E-state index in [0.717, 1.165) is 10.4 Å². The number of hydrogen-bond acceptors (Lipinski definition) is 4. The van der Waals surface area contributed by atoms with Crippen molar-refractivity contribution in [3.8, 4) is 0 Å². The molecule has 2 rings (SSSR count). The number of hydrogen-bond donors (Lipinski definition) is 1. The number of carboxylic acids is 1. The van der Waals surface area contributed by atoms with Gasteiger partial charge in [0.1, 0.15) is 5.69 Å². The maximum Gasteiger partial charge on any atom is 0.358 e. The summed E-state index contributed by atoms with van der Waals surface area (Å²) in [6, 6.07) is 0. The summed E-state index contributed by atoms with van der Waals surface area (Å²) in [6.07, 6.45) is -2.31. The lowest BCUT2D eigenvalue weighted by Crippen LogP contribution is -2.12. The summed E-state index contributed by atoms with van der Waals surface area (Å²) in [5.74, 6) is -1.53. The molecule has 0 saturated carbocycles. The molecule has 0 unspecified atom stereocenters. The van der Waals surface area contributed by atoms with Crippen LogP contribution < -0.4 is 0 Å². The first-order chi connectivity index (χ1) is 9.86. The molecule has 0 amide bonds. The summed E-state index contributed by atoms with van der Waals surface area (Å²) in [4.78, 5) is 10.9. The van der Waals surface area contributed by atoms with Crippen LogP contribution in [0.4, 0.5) is 8.78 Å². The standard InChI is InChI=1S/C11H12BrF2N5O2/c1-3-5-7(12)6(18(2)16-5)4-19-9(10(13)14)8(11(20)21)15-17-19/h10H,3-4H2,1-2H3,(H,20,21). The van der Waals surface area contributed by atoms with Gasteiger partial charge in [0, 0.05) is 7.05 Å². The first kappa shape index (κ1) is 15.5. The predicted octanol–water partition coefficient (Wildman–Crippen LogP) is 2.02. The number of aryl methyl sites for hydroxylation is 2. The van der Waals surface area contributed by atoms with E-state index in [1.165, 1.54) is 0 Å². The molecule has 0 spiro atoms. The third-order valence-electron chi connectivity index (χ3n) is 2.99. The molecule has 0 aliphatic rings. The van der Waals surface area contributed by atoms with Gasteiger partial charge in [0.15, 0.2) is 5.69 Å². The van der Waals surface area contributed by atoms with Crippen LogP contribution in [0.3, 0.4) is 0 Å². The zero-order valence-corrected chi connectivity index (χ0v) is 12.8. The molecule has 7 nitrogen and oxygen atoms in total. The number of rotatable bonds is 5. The molecule has 0 fully saturated rings. The molecule has 0 aliphatic heterocycles. The molecule has 0 aromatic carbocycles. The SMILES string of the molecule is CCc1nn(C)c(Cn2nnc(C(=O)O)c2C(F)F)c1Br. The monoisotopic (exact) mass is 363 g/mol. The highest BCUT2D eigenvalue weighted by molar-refractivity contribution is 9.10. The molecule has 1 N–H and O–H groups in total. The lowest BCUT2D eigenvalue weighted by atomic mass is 10.3. The minimum Gasteiger partial charge on any atom is -0.476 e. The fourth-order valence-electron chi connectivity index (χ4n) is 1.94. The Morgan fingerprint density at radius 3 is 2.62 bits per heavy atom. The molecule has 2 aromatic rings. The minimum atomic E-state index is -2.98. The summed E-state index contributed by atoms with van der Waals surface area (Å²) in [5, 5.41) is 19.9. The first-order valence-electron chi connectivity index (χ1n) is 6.01. The van der Waals surface area contributed by atoms with Crippen molar-refractivity contribution in [1.82, 2.24) is 24.8 Å². The molecule has 2 aromatic heterocycles. The average Bonchev–Trinajstić information content (AvgIpc) is 2.95. The van der Waals surface area contributed by atoms with Gasteiger partial charge in [0.05, 0.1) is 22.4 Å². The van der Waals surface area contributed by atoms with Gasteiger partial charge in [-0.3, -0.25) is 4.68 Å². The van der Waals surface area contributed by atoms with Crippen LogP contribution in [0, 0.1) is 0 Å². The van der Waals surface area contributed by atoms with E-state index in [1.54, 1.807) is 11.7 Å². The van der Waals surface area contributed by atoms with Gasteiger partial charge in [-0.1, -0.05) is 12.1 Å². The van der Waals surface area contributed by atoms with Crippen molar-refractivity contribution in [3.05, 3.63) is 27.2 Å². The Labute approximate surface area is 126 Å². The summed E-state index contributed by atoms with van der Waals surface area (Å²) in [6.45, 7) is 1.86. The van der Waals surface area contributed by atoms with Crippen LogP contribution in [-0.4, -0.2) is 35.9 Å². The molecule has 0 saturated heterocycles. The second-order valence-corrected chi connectivity index (χ2v) is 5.06. The second-order valence-electron chi connectivity index (χ2n) is 4.27. The molecule has 2 heterocycles. The van der Waals surface area contributed by atoms with Gasteiger partial charge >= 0.3 is 5.97 Å². The summed E-state index contributed by atoms with van der Waals surface area (Å²) >= 11 is 3.37. The van der Waals surface area contributed by atoms with E-state index in [0.29, 0.717) is 16.6 Å². The van der Waals surface area contributed by atoms with E-state index < -0.39 is 23.8 Å². The lowest BCUT2D eigenvalue weighted by Gasteiger charge is -2.07. The van der Waals surface area contributed by atoms with Crippen molar-refractivity contribution in [2.24, 2.45) is 7.05 Å². The van der Waals surface area contributed by atoms with Gasteiger partial charge in [-0.2, -0.15) is 5.10 Å². The topological polar surface area (TPSA) is 85.8 Å². The Hall–Kier alpha value is -1.84. The van der Waals surface area contributed by atoms with E-state index in [2.05, 4.69) is 31.3 Å². The molecule has 21 heavy (non-hydrogen) atoms. The summed E-state index contributed by atoms with van der Waals surface area (Å²) in [7, 11) is 1.68. The molecule has 0 bridgehead atoms. The number of halogens is 3. The van der Waals surface area contributed by atoms with E-state index in [4.69, 9.17) is 5.11 Å². The van der Waals surface area contributed by atoms with E-state index in [1.807, 2.05) is 6.92 Å². The average molecular weight is 364 g/mol. The minimum absolute atomic E-state index is 0.0516. The Morgan fingerprint density at radius 1 is 1.48 bits per heavy atom. The van der Waals surface area contributed by atoms with Crippen LogP contribution in [0.5, 0.6) is 0 Å². The molecular weight excluding hydrogens is 352 g/mol. The highest BCUT2D eigenvalue weighted by atomic mass is 79.9. The largest absolute Gasteiger partial charge is 0.476 e. The fraction of sp³-hybridized carbons (Fsp3) is 0.455. The fourth-order valence-corrected chi connectivity index (χ4v) is 2.68. The van der Waals surface area contributed by atoms with Crippen molar-refractivity contribution in [1.29, 1.82) is 0 Å². The Morgan fingerprint density at radius 2 is 2.14 bits per heavy atom. The van der Waals surface area contributed by atoms with E-state index in [9.17, 15) is 13.6 Å². The molecule has 10 heteroatoms. The van der Waals surface area contributed by atoms with Gasteiger partial charge in [0.25, 0.3) is 6.43 Å². The molecule has 114 valence electrons. The van der Waals surface area contributed by atoms with Crippen molar-refractivity contribution in [2.75, 3.05) is 0 Å². The van der Waals surface area contributed by atoms with Crippen LogP contribution in [0.25, 0.3) is 0 Å². The summed E-state index contributed by atoms with van der Waals surface area (Å²) in [5.41, 5.74) is -0.0621. The Balaban J connectivity index is 2.45. The van der Waals surface area contributed by atoms with Crippen molar-refractivity contribution in [2.45, 2.75) is 26.3 Å². The zero-order valence-electron chi connectivity index (χ0n) is 11.2. The van der Waals surface area contributed by atoms with Crippen molar-refractivity contribution in [3.63, 3.8) is 0 Å². The predicted molar refractivity (Wildman–Crippen MR) is 71.3 cm³/mol. The number of aromatic nitrogens is 5. The highest BCUT2D eigenvalue weighted by Gasteiger charge is 2.27. The number of carboxylic acid groups (broad SMARTS) is 1. The molecule has 0 aliphatic carbocycles. The third kappa shape index (κ3) is 2.80. The van der Waals surface area contributed by atoms with Crippen LogP contribution in [0.1, 0.15) is 40.9 Å². The normalized spacial score (nSPS) is 11.3. The smallest absolute Gasteiger partial charge is 0.358 e. The van der Waals surface area contributed by atoms with Gasteiger partial charge in [-0.25, -0.2) is 18.3 Å². The number of alkyl halides is 2. The van der Waals surface area contributed by atoms with Gasteiger partial charge in [-0.15, -0.1) is 5.10 Å². The van der Waals surface area contributed by atoms with E-state index >= 15 is 0 Å². The molecular formula is C11H12BrF2N5O2. The molecule has 0 atom stereocenters. The van der Waals surface area contributed by atoms with Gasteiger partial charge < -0.3 is 5.11 Å². The highest BCUT2D eigenvalue weighted by Crippen LogP contribution is 2.26. The molecule has 0 radical (unpaired) electrons. The third-order valence-corrected chi connectivity index (χ3v) is 3.90. The van der Waals surface area contributed by atoms with Crippen molar-refractivity contribution < 1.29 is 18.7 Å². The second kappa shape index (κ2) is 5.88. The lowest BCUT2D eigenvalue weighted by molar-refractivity contribution is 0.0675. The number of aromatic carboxylic acids is 1. The Bertz CT molecular complexity index is 682. The quantitative estimate of drug-likeness (QED) is 0.878. The van der Waals surface area contributed by atoms with Gasteiger partial charge in [0.2, 0.25) is 0 Å². The maximum absolute atomic E-state index is 13.1. The maximum atomic E-state index is 13.1. The van der Waals surface area contributed by atoms with Crippen LogP contribution in [0.2, 0.25) is 0 Å². The van der Waals surface area contributed by atoms with Crippen LogP contribution in [-0.2, 0) is 20.0 Å². The Kier molecular flexibility index (Phi) is 4.35. The zero-order chi connectivity index (χ0) is 15.7. The summed E-state index contributed by atoms with van der Waals surface area (Å²) < 4.78 is 29.2. The number of nitrogens with zero attached hydrogens (tertiary/aromatic N) is 5. The van der Waals surface area contributed by atoms with Crippen LogP contribution >= 0.6 is 15.9 Å². The van der Waals surface area contributed by atoms with E-state index in [-0.39, 0.29) is 6.54 Å². The van der Waals surface area contributed by atoms with Crippen LogP contribution in [0.15, 0.2) is 4.47 Å².